The van der Waals surface area contributed by atoms with Crippen LogP contribution in [0.3, 0.4) is 0 Å². The number of furan rings is 1. The molecule has 1 amide bonds. The lowest BCUT2D eigenvalue weighted by atomic mass is 10.0. The Hall–Kier alpha value is -5.05. The Bertz CT molecular complexity index is 1680. The first-order valence-corrected chi connectivity index (χ1v) is 11.2. The van der Waals surface area contributed by atoms with Crippen LogP contribution < -0.4 is 20.4 Å². The number of rotatable bonds is 7. The molecule has 2 aromatic heterocycles. The molecule has 9 heteroatoms. The van der Waals surface area contributed by atoms with Gasteiger partial charge in [-0.2, -0.15) is 0 Å². The summed E-state index contributed by atoms with van der Waals surface area (Å²) in [6.45, 7) is -0.213. The van der Waals surface area contributed by atoms with Crippen molar-refractivity contribution in [1.29, 1.82) is 0 Å². The van der Waals surface area contributed by atoms with Crippen molar-refractivity contribution in [2.75, 3.05) is 19.5 Å². The van der Waals surface area contributed by atoms with E-state index in [1.54, 1.807) is 12.1 Å². The van der Waals surface area contributed by atoms with Gasteiger partial charge < -0.3 is 28.4 Å². The zero-order valence-corrected chi connectivity index (χ0v) is 19.9. The van der Waals surface area contributed by atoms with Gasteiger partial charge in [0.15, 0.2) is 17.3 Å². The van der Waals surface area contributed by atoms with Crippen LogP contribution in [-0.2, 0) is 11.3 Å². The van der Waals surface area contributed by atoms with Gasteiger partial charge in [-0.15, -0.1) is 0 Å². The lowest BCUT2D eigenvalue weighted by molar-refractivity contribution is 0.0474. The van der Waals surface area contributed by atoms with E-state index in [1.807, 2.05) is 30.3 Å². The van der Waals surface area contributed by atoms with Crippen molar-refractivity contribution in [3.05, 3.63) is 100 Å². The van der Waals surface area contributed by atoms with Crippen LogP contribution >= 0.6 is 0 Å². The quantitative estimate of drug-likeness (QED) is 0.185. The van der Waals surface area contributed by atoms with Crippen LogP contribution in [0.4, 0.5) is 5.69 Å². The molecule has 0 fully saturated rings. The summed E-state index contributed by atoms with van der Waals surface area (Å²) in [5.74, 6) is -0.695. The fourth-order valence-corrected chi connectivity index (χ4v) is 4.10. The number of hydrogen-bond acceptors (Lipinski definition) is 8. The lowest BCUT2D eigenvalue weighted by Crippen LogP contribution is -2.16. The number of ether oxygens (including phenoxy) is 3. The predicted octanol–water partition coefficient (Wildman–Crippen LogP) is 5.17. The molecular formula is C28H21NO8. The molecule has 5 rings (SSSR count). The van der Waals surface area contributed by atoms with E-state index in [1.165, 1.54) is 44.7 Å². The maximum atomic E-state index is 13.3. The smallest absolute Gasteiger partial charge is 0.340 e. The van der Waals surface area contributed by atoms with Crippen molar-refractivity contribution in [3.63, 3.8) is 0 Å². The minimum absolute atomic E-state index is 0.0229. The average Bonchev–Trinajstić information content (AvgIpc) is 3.46. The van der Waals surface area contributed by atoms with Gasteiger partial charge in [0.2, 0.25) is 0 Å². The Kier molecular flexibility index (Phi) is 6.34. The van der Waals surface area contributed by atoms with E-state index in [-0.39, 0.29) is 29.4 Å². The zero-order valence-electron chi connectivity index (χ0n) is 19.9. The van der Waals surface area contributed by atoms with Gasteiger partial charge in [-0.1, -0.05) is 30.3 Å². The largest absolute Gasteiger partial charge is 0.493 e. The van der Waals surface area contributed by atoms with Crippen LogP contribution in [0.2, 0.25) is 0 Å². The van der Waals surface area contributed by atoms with Gasteiger partial charge in [0, 0.05) is 29.1 Å². The third-order valence-corrected chi connectivity index (χ3v) is 5.81. The number of carbonyl (C=O) groups excluding carboxylic acids is 2. The highest BCUT2D eigenvalue weighted by Crippen LogP contribution is 2.34. The van der Waals surface area contributed by atoms with Gasteiger partial charge in [-0.25, -0.2) is 9.59 Å². The van der Waals surface area contributed by atoms with E-state index in [2.05, 4.69) is 5.32 Å². The molecule has 0 spiro atoms. The SMILES string of the molecule is COc1cc(NC(=O)c2ccco2)c(C(=O)OCc2cc(=O)oc3ccc4ccccc4c23)cc1OC. The lowest BCUT2D eigenvalue weighted by Gasteiger charge is -2.15. The van der Waals surface area contributed by atoms with Gasteiger partial charge in [0.25, 0.3) is 5.91 Å². The van der Waals surface area contributed by atoms with Gasteiger partial charge in [-0.05, 0) is 29.0 Å². The van der Waals surface area contributed by atoms with E-state index in [4.69, 9.17) is 23.0 Å². The molecule has 0 aliphatic heterocycles. The molecule has 3 aromatic carbocycles. The molecule has 0 atom stereocenters. The molecule has 0 saturated carbocycles. The molecular weight excluding hydrogens is 478 g/mol. The van der Waals surface area contributed by atoms with E-state index in [0.29, 0.717) is 22.3 Å². The summed E-state index contributed by atoms with van der Waals surface area (Å²) < 4.78 is 26.8. The summed E-state index contributed by atoms with van der Waals surface area (Å²) in [4.78, 5) is 38.1. The van der Waals surface area contributed by atoms with Crippen LogP contribution in [-0.4, -0.2) is 26.1 Å². The summed E-state index contributed by atoms with van der Waals surface area (Å²) in [7, 11) is 2.86. The first-order valence-electron chi connectivity index (χ1n) is 11.2. The standard InChI is InChI=1S/C28H21NO8/c1-33-23-13-19(20(14-24(23)34-2)29-27(31)22-8-5-11-35-22)28(32)36-15-17-12-25(30)37-21-10-9-16-6-3-4-7-18(16)26(17)21/h3-14H,15H2,1-2H3,(H,29,31). The highest BCUT2D eigenvalue weighted by Gasteiger charge is 2.22. The van der Waals surface area contributed by atoms with Crippen LogP contribution in [0.5, 0.6) is 11.5 Å². The number of benzene rings is 3. The van der Waals surface area contributed by atoms with Crippen molar-refractivity contribution >= 4 is 39.3 Å². The number of fused-ring (bicyclic) bond motifs is 3. The molecule has 186 valence electrons. The number of hydrogen-bond donors (Lipinski definition) is 1. The Morgan fingerprint density at radius 3 is 2.46 bits per heavy atom. The van der Waals surface area contributed by atoms with Crippen LogP contribution in [0.25, 0.3) is 21.7 Å². The molecule has 0 radical (unpaired) electrons. The molecule has 0 aliphatic rings. The van der Waals surface area contributed by atoms with E-state index < -0.39 is 17.5 Å². The number of esters is 1. The monoisotopic (exact) mass is 499 g/mol. The van der Waals surface area contributed by atoms with Crippen molar-refractivity contribution in [2.24, 2.45) is 0 Å². The number of amides is 1. The second kappa shape index (κ2) is 9.90. The predicted molar refractivity (Wildman–Crippen MR) is 135 cm³/mol. The van der Waals surface area contributed by atoms with Gasteiger partial charge in [0.05, 0.1) is 31.7 Å². The second-order valence-electron chi connectivity index (χ2n) is 8.01. The summed E-state index contributed by atoms with van der Waals surface area (Å²) >= 11 is 0. The summed E-state index contributed by atoms with van der Waals surface area (Å²) in [5, 5.41) is 5.12. The van der Waals surface area contributed by atoms with Gasteiger partial charge in [0.1, 0.15) is 12.2 Å². The maximum absolute atomic E-state index is 13.3. The van der Waals surface area contributed by atoms with Gasteiger partial charge in [-0.3, -0.25) is 4.79 Å². The average molecular weight is 499 g/mol. The van der Waals surface area contributed by atoms with E-state index in [0.717, 1.165) is 10.8 Å². The number of nitrogens with one attached hydrogen (secondary N) is 1. The maximum Gasteiger partial charge on any atom is 0.340 e. The molecule has 1 N–H and O–H groups in total. The molecule has 9 nitrogen and oxygen atoms in total. The third kappa shape index (κ3) is 4.62. The topological polar surface area (TPSA) is 117 Å². The summed E-state index contributed by atoms with van der Waals surface area (Å²) in [6, 6.07) is 18.4. The van der Waals surface area contributed by atoms with Crippen LogP contribution in [0, 0.1) is 0 Å². The van der Waals surface area contributed by atoms with Gasteiger partial charge >= 0.3 is 11.6 Å². The van der Waals surface area contributed by atoms with Crippen molar-refractivity contribution in [1.82, 2.24) is 0 Å². The zero-order chi connectivity index (χ0) is 25.9. The van der Waals surface area contributed by atoms with Crippen LogP contribution in [0.1, 0.15) is 26.5 Å². The Morgan fingerprint density at radius 2 is 1.70 bits per heavy atom. The minimum Gasteiger partial charge on any atom is -0.493 e. The highest BCUT2D eigenvalue weighted by molar-refractivity contribution is 6.08. The Morgan fingerprint density at radius 1 is 0.919 bits per heavy atom. The highest BCUT2D eigenvalue weighted by atomic mass is 16.5. The van der Waals surface area contributed by atoms with Crippen molar-refractivity contribution < 1.29 is 32.6 Å². The summed E-state index contributed by atoms with van der Waals surface area (Å²) in [5.41, 5.74) is 0.459. The molecule has 2 heterocycles. The first-order chi connectivity index (χ1) is 18.0. The first kappa shape index (κ1) is 23.7. The fourth-order valence-electron chi connectivity index (χ4n) is 4.10. The van der Waals surface area contributed by atoms with E-state index >= 15 is 0 Å². The number of anilines is 1. The molecule has 0 bridgehead atoms. The third-order valence-electron chi connectivity index (χ3n) is 5.81. The summed E-state index contributed by atoms with van der Waals surface area (Å²) in [6.07, 6.45) is 1.36. The fraction of sp³-hybridized carbons (Fsp3) is 0.107. The number of methoxy groups -OCH3 is 2. The second-order valence-corrected chi connectivity index (χ2v) is 8.01. The molecule has 0 aliphatic carbocycles. The Labute approximate surface area is 210 Å². The van der Waals surface area contributed by atoms with Crippen molar-refractivity contribution in [3.8, 4) is 11.5 Å². The molecule has 0 saturated heterocycles. The minimum atomic E-state index is -0.752. The van der Waals surface area contributed by atoms with E-state index in [9.17, 15) is 14.4 Å². The van der Waals surface area contributed by atoms with Crippen LogP contribution in [0.15, 0.2) is 86.6 Å². The molecule has 0 unspecified atom stereocenters. The Balaban J connectivity index is 1.51. The normalized spacial score (nSPS) is 10.9. The van der Waals surface area contributed by atoms with Crippen molar-refractivity contribution in [2.45, 2.75) is 6.61 Å². The molecule has 5 aromatic rings. The number of carbonyl (C=O) groups is 2. The molecule has 37 heavy (non-hydrogen) atoms.